The van der Waals surface area contributed by atoms with Crippen LogP contribution >= 0.6 is 0 Å². The van der Waals surface area contributed by atoms with Gasteiger partial charge in [0.25, 0.3) is 5.56 Å². The van der Waals surface area contributed by atoms with Crippen LogP contribution in [0.15, 0.2) is 27.8 Å². The van der Waals surface area contributed by atoms with Crippen molar-refractivity contribution in [3.05, 3.63) is 39.0 Å². The maximum absolute atomic E-state index is 13.4. The lowest BCUT2D eigenvalue weighted by molar-refractivity contribution is 0.392. The van der Waals surface area contributed by atoms with E-state index >= 15 is 0 Å². The van der Waals surface area contributed by atoms with E-state index < -0.39 is 0 Å². The number of aromatic nitrogens is 4. The van der Waals surface area contributed by atoms with E-state index in [1.165, 1.54) is 9.13 Å². The summed E-state index contributed by atoms with van der Waals surface area (Å²) in [5.74, 6) is 2.63. The predicted octanol–water partition coefficient (Wildman–Crippen LogP) is 2.75. The highest BCUT2D eigenvalue weighted by Crippen LogP contribution is 2.39. The maximum Gasteiger partial charge on any atom is 0.332 e. The smallest absolute Gasteiger partial charge is 0.332 e. The highest BCUT2D eigenvalue weighted by molar-refractivity contribution is 5.78. The SMILES string of the molecule is COc1ccc(N2CC(C)Cn3c2nc2c3c(=O)n(CCC(C)C)c(=O)n2C)c(OC)c1. The van der Waals surface area contributed by atoms with E-state index in [0.29, 0.717) is 54.2 Å². The van der Waals surface area contributed by atoms with Crippen molar-refractivity contribution in [1.82, 2.24) is 18.7 Å². The molecule has 1 atom stereocenters. The fourth-order valence-electron chi connectivity index (χ4n) is 4.30. The van der Waals surface area contributed by atoms with E-state index in [2.05, 4.69) is 25.7 Å². The number of hydrogen-bond donors (Lipinski definition) is 0. The summed E-state index contributed by atoms with van der Waals surface area (Å²) in [5, 5.41) is 0. The number of fused-ring (bicyclic) bond motifs is 3. The molecule has 0 radical (unpaired) electrons. The average molecular weight is 442 g/mol. The first-order chi connectivity index (χ1) is 15.3. The van der Waals surface area contributed by atoms with E-state index in [-0.39, 0.29) is 17.2 Å². The zero-order valence-electron chi connectivity index (χ0n) is 19.6. The average Bonchev–Trinajstić information content (AvgIpc) is 3.16. The lowest BCUT2D eigenvalue weighted by atomic mass is 10.1. The Hall–Kier alpha value is -3.23. The molecular weight excluding hydrogens is 410 g/mol. The number of hydrogen-bond acceptors (Lipinski definition) is 6. The largest absolute Gasteiger partial charge is 0.497 e. The van der Waals surface area contributed by atoms with Crippen molar-refractivity contribution in [2.24, 2.45) is 18.9 Å². The molecule has 9 nitrogen and oxygen atoms in total. The molecule has 9 heteroatoms. The Bertz CT molecular complexity index is 1270. The molecular formula is C23H31N5O4. The molecule has 0 N–H and O–H groups in total. The fraction of sp³-hybridized carbons (Fsp3) is 0.522. The van der Waals surface area contributed by atoms with Gasteiger partial charge in [0, 0.05) is 32.7 Å². The first kappa shape index (κ1) is 22.0. The number of benzene rings is 1. The molecule has 1 aliphatic heterocycles. The summed E-state index contributed by atoms with van der Waals surface area (Å²) >= 11 is 0. The van der Waals surface area contributed by atoms with Crippen LogP contribution in [-0.4, -0.2) is 39.4 Å². The predicted molar refractivity (Wildman–Crippen MR) is 124 cm³/mol. The molecule has 1 aliphatic rings. The van der Waals surface area contributed by atoms with Gasteiger partial charge in [-0.25, -0.2) is 4.79 Å². The molecule has 0 fully saturated rings. The van der Waals surface area contributed by atoms with Crippen LogP contribution in [0.25, 0.3) is 11.2 Å². The zero-order chi connectivity index (χ0) is 23.2. The van der Waals surface area contributed by atoms with Crippen LogP contribution in [0.4, 0.5) is 11.6 Å². The number of anilines is 2. The molecule has 0 amide bonds. The second kappa shape index (κ2) is 8.37. The molecule has 32 heavy (non-hydrogen) atoms. The lowest BCUT2D eigenvalue weighted by Gasteiger charge is -2.33. The molecule has 3 aromatic rings. The van der Waals surface area contributed by atoms with E-state index in [9.17, 15) is 9.59 Å². The normalized spacial score (nSPS) is 16.0. The summed E-state index contributed by atoms with van der Waals surface area (Å²) in [6.07, 6.45) is 0.757. The number of methoxy groups -OCH3 is 2. The minimum atomic E-state index is -0.333. The van der Waals surface area contributed by atoms with Crippen molar-refractivity contribution < 1.29 is 9.47 Å². The summed E-state index contributed by atoms with van der Waals surface area (Å²) < 4.78 is 15.7. The molecule has 172 valence electrons. The molecule has 4 rings (SSSR count). The fourth-order valence-corrected chi connectivity index (χ4v) is 4.30. The van der Waals surface area contributed by atoms with E-state index in [4.69, 9.17) is 14.5 Å². The Labute approximate surface area is 186 Å². The first-order valence-electron chi connectivity index (χ1n) is 11.0. The lowest BCUT2D eigenvalue weighted by Crippen LogP contribution is -2.40. The Kier molecular flexibility index (Phi) is 5.75. The third-order valence-electron chi connectivity index (χ3n) is 6.05. The van der Waals surface area contributed by atoms with Crippen LogP contribution in [-0.2, 0) is 20.1 Å². The number of imidazole rings is 1. The molecule has 1 aromatic carbocycles. The van der Waals surface area contributed by atoms with Gasteiger partial charge < -0.3 is 18.9 Å². The molecule has 3 heterocycles. The monoisotopic (exact) mass is 441 g/mol. The van der Waals surface area contributed by atoms with Gasteiger partial charge >= 0.3 is 5.69 Å². The van der Waals surface area contributed by atoms with Crippen LogP contribution < -0.4 is 25.6 Å². The Morgan fingerprint density at radius 3 is 2.56 bits per heavy atom. The highest BCUT2D eigenvalue weighted by Gasteiger charge is 2.31. The number of aryl methyl sites for hydroxylation is 1. The minimum Gasteiger partial charge on any atom is -0.497 e. The standard InChI is InChI=1S/C23H31N5O4/c1-14(2)9-10-26-21(29)19-20(25(4)23(26)30)24-22-27(12-15(3)13-28(19)22)17-8-7-16(31-5)11-18(17)32-6/h7-8,11,14-15H,9-10,12-13H2,1-6H3. The van der Waals surface area contributed by atoms with E-state index in [1.54, 1.807) is 21.3 Å². The van der Waals surface area contributed by atoms with Crippen molar-refractivity contribution in [1.29, 1.82) is 0 Å². The molecule has 1 unspecified atom stereocenters. The van der Waals surface area contributed by atoms with Crippen LogP contribution in [0.2, 0.25) is 0 Å². The summed E-state index contributed by atoms with van der Waals surface area (Å²) in [7, 11) is 4.91. The second-order valence-electron chi connectivity index (χ2n) is 8.93. The van der Waals surface area contributed by atoms with Gasteiger partial charge in [-0.15, -0.1) is 0 Å². The molecule has 0 saturated carbocycles. The quantitative estimate of drug-likeness (QED) is 0.585. The number of rotatable bonds is 6. The van der Waals surface area contributed by atoms with Crippen LogP contribution in [0.5, 0.6) is 11.5 Å². The Morgan fingerprint density at radius 1 is 1.16 bits per heavy atom. The maximum atomic E-state index is 13.4. The Morgan fingerprint density at radius 2 is 1.91 bits per heavy atom. The summed E-state index contributed by atoms with van der Waals surface area (Å²) in [4.78, 5) is 33.2. The highest BCUT2D eigenvalue weighted by atomic mass is 16.5. The Balaban J connectivity index is 1.94. The van der Waals surface area contributed by atoms with Crippen molar-refractivity contribution in [3.63, 3.8) is 0 Å². The topological polar surface area (TPSA) is 83.5 Å². The molecule has 0 bridgehead atoms. The van der Waals surface area contributed by atoms with Crippen LogP contribution in [0.3, 0.4) is 0 Å². The number of ether oxygens (including phenoxy) is 2. The third kappa shape index (κ3) is 3.55. The third-order valence-corrected chi connectivity index (χ3v) is 6.05. The van der Waals surface area contributed by atoms with Gasteiger partial charge in [-0.2, -0.15) is 4.98 Å². The van der Waals surface area contributed by atoms with Crippen LogP contribution in [0.1, 0.15) is 27.2 Å². The number of nitrogens with zero attached hydrogens (tertiary/aromatic N) is 5. The summed E-state index contributed by atoms with van der Waals surface area (Å²) in [6, 6.07) is 5.63. The van der Waals surface area contributed by atoms with Gasteiger partial charge in [0.2, 0.25) is 5.95 Å². The van der Waals surface area contributed by atoms with Gasteiger partial charge in [-0.3, -0.25) is 13.9 Å². The van der Waals surface area contributed by atoms with Crippen molar-refractivity contribution in [3.8, 4) is 11.5 Å². The van der Waals surface area contributed by atoms with Crippen molar-refractivity contribution in [2.45, 2.75) is 40.3 Å². The van der Waals surface area contributed by atoms with E-state index in [1.807, 2.05) is 22.8 Å². The van der Waals surface area contributed by atoms with Gasteiger partial charge in [0.1, 0.15) is 11.5 Å². The summed E-state index contributed by atoms with van der Waals surface area (Å²) in [5.41, 5.74) is 1.09. The molecule has 0 saturated heterocycles. The summed E-state index contributed by atoms with van der Waals surface area (Å²) in [6.45, 7) is 8.05. The molecule has 2 aromatic heterocycles. The van der Waals surface area contributed by atoms with E-state index in [0.717, 1.165) is 12.1 Å². The van der Waals surface area contributed by atoms with Gasteiger partial charge in [-0.05, 0) is 30.4 Å². The van der Waals surface area contributed by atoms with Gasteiger partial charge in [0.05, 0.1) is 19.9 Å². The van der Waals surface area contributed by atoms with Gasteiger partial charge in [-0.1, -0.05) is 20.8 Å². The zero-order valence-corrected chi connectivity index (χ0v) is 19.6. The van der Waals surface area contributed by atoms with Crippen molar-refractivity contribution in [2.75, 3.05) is 25.7 Å². The first-order valence-corrected chi connectivity index (χ1v) is 11.0. The molecule has 0 aliphatic carbocycles. The van der Waals surface area contributed by atoms with Crippen molar-refractivity contribution >= 4 is 22.8 Å². The van der Waals surface area contributed by atoms with Gasteiger partial charge in [0.15, 0.2) is 11.2 Å². The minimum absolute atomic E-state index is 0.257. The second-order valence-corrected chi connectivity index (χ2v) is 8.93. The molecule has 0 spiro atoms. The van der Waals surface area contributed by atoms with Crippen LogP contribution in [0, 0.1) is 11.8 Å².